The van der Waals surface area contributed by atoms with E-state index in [1.54, 1.807) is 28.2 Å². The summed E-state index contributed by atoms with van der Waals surface area (Å²) in [4.78, 5) is 23.0. The summed E-state index contributed by atoms with van der Waals surface area (Å²) >= 11 is 0. The van der Waals surface area contributed by atoms with Gasteiger partial charge in [0.15, 0.2) is 0 Å². The van der Waals surface area contributed by atoms with Crippen LogP contribution >= 0.6 is 0 Å². The van der Waals surface area contributed by atoms with Crippen LogP contribution in [0, 0.1) is 0 Å². The topological polar surface area (TPSA) is 60.2 Å². The van der Waals surface area contributed by atoms with Gasteiger partial charge in [0.25, 0.3) is 5.91 Å². The second-order valence-electron chi connectivity index (χ2n) is 5.53. The molecule has 1 aliphatic rings. The monoisotopic (exact) mass is 300 g/mol. The van der Waals surface area contributed by atoms with Gasteiger partial charge in [-0.2, -0.15) is 0 Å². The number of ether oxygens (including phenoxy) is 1. The Hall–Kier alpha value is -2.21. The Morgan fingerprint density at radius 3 is 3.05 bits per heavy atom. The van der Waals surface area contributed by atoms with Crippen molar-refractivity contribution in [2.45, 2.75) is 25.5 Å². The molecule has 0 aromatic carbocycles. The molecule has 1 unspecified atom stereocenters. The normalized spacial score (nSPS) is 17.6. The van der Waals surface area contributed by atoms with Crippen molar-refractivity contribution < 1.29 is 9.53 Å². The standard InChI is InChI=1S/C16H20N4O2/c1-19-12-17-9-15(19)16(21)20(11-14-6-4-8-22-14)10-13-5-2-3-7-18-13/h2-3,5,7,9,12,14H,4,6,8,10-11H2,1H3. The minimum Gasteiger partial charge on any atom is -0.376 e. The van der Waals surface area contributed by atoms with Crippen LogP contribution in [0.4, 0.5) is 0 Å². The van der Waals surface area contributed by atoms with Crippen LogP contribution in [0.1, 0.15) is 29.0 Å². The summed E-state index contributed by atoms with van der Waals surface area (Å²) in [6.45, 7) is 1.84. The fourth-order valence-corrected chi connectivity index (χ4v) is 2.67. The summed E-state index contributed by atoms with van der Waals surface area (Å²) in [5.74, 6) is -0.0406. The van der Waals surface area contributed by atoms with Crippen LogP contribution in [-0.4, -0.2) is 44.6 Å². The van der Waals surface area contributed by atoms with Crippen molar-refractivity contribution in [2.75, 3.05) is 13.2 Å². The van der Waals surface area contributed by atoms with Gasteiger partial charge >= 0.3 is 0 Å². The van der Waals surface area contributed by atoms with Gasteiger partial charge in [-0.3, -0.25) is 9.78 Å². The third-order valence-electron chi connectivity index (χ3n) is 3.85. The van der Waals surface area contributed by atoms with E-state index in [0.717, 1.165) is 25.1 Å². The third kappa shape index (κ3) is 3.33. The zero-order valence-corrected chi connectivity index (χ0v) is 12.7. The minimum absolute atomic E-state index is 0.0406. The number of carbonyl (C=O) groups is 1. The molecule has 1 aliphatic heterocycles. The molecule has 0 aliphatic carbocycles. The lowest BCUT2D eigenvalue weighted by Gasteiger charge is -2.25. The largest absolute Gasteiger partial charge is 0.376 e. The maximum Gasteiger partial charge on any atom is 0.272 e. The van der Waals surface area contributed by atoms with Crippen LogP contribution in [0.5, 0.6) is 0 Å². The predicted molar refractivity (Wildman–Crippen MR) is 81.2 cm³/mol. The summed E-state index contributed by atoms with van der Waals surface area (Å²) in [6.07, 6.45) is 7.15. The van der Waals surface area contributed by atoms with Gasteiger partial charge in [-0.15, -0.1) is 0 Å². The van der Waals surface area contributed by atoms with Gasteiger partial charge in [-0.1, -0.05) is 6.07 Å². The Kier molecular flexibility index (Phi) is 4.48. The first kappa shape index (κ1) is 14.7. The number of amides is 1. The average Bonchev–Trinajstić information content (AvgIpc) is 3.18. The number of nitrogens with zero attached hydrogens (tertiary/aromatic N) is 4. The summed E-state index contributed by atoms with van der Waals surface area (Å²) in [5, 5.41) is 0. The molecule has 3 rings (SSSR count). The molecular weight excluding hydrogens is 280 g/mol. The lowest BCUT2D eigenvalue weighted by molar-refractivity contribution is 0.0497. The third-order valence-corrected chi connectivity index (χ3v) is 3.85. The summed E-state index contributed by atoms with van der Waals surface area (Å²) < 4.78 is 7.42. The molecule has 116 valence electrons. The first-order valence-electron chi connectivity index (χ1n) is 7.51. The van der Waals surface area contributed by atoms with Crippen molar-refractivity contribution in [2.24, 2.45) is 7.05 Å². The van der Waals surface area contributed by atoms with Crippen molar-refractivity contribution in [3.8, 4) is 0 Å². The van der Waals surface area contributed by atoms with Crippen LogP contribution in [-0.2, 0) is 18.3 Å². The molecule has 0 bridgehead atoms. The van der Waals surface area contributed by atoms with E-state index in [1.165, 1.54) is 0 Å². The zero-order chi connectivity index (χ0) is 15.4. The SMILES string of the molecule is Cn1cncc1C(=O)N(Cc1ccccn1)CC1CCCO1. The molecule has 1 amide bonds. The van der Waals surface area contributed by atoms with Crippen molar-refractivity contribution in [1.82, 2.24) is 19.4 Å². The maximum absolute atomic E-state index is 12.8. The number of aryl methyl sites for hydroxylation is 1. The Labute approximate surface area is 129 Å². The first-order chi connectivity index (χ1) is 10.7. The van der Waals surface area contributed by atoms with Crippen LogP contribution in [0.2, 0.25) is 0 Å². The molecule has 0 spiro atoms. The fourth-order valence-electron chi connectivity index (χ4n) is 2.67. The summed E-state index contributed by atoms with van der Waals surface area (Å²) in [7, 11) is 1.82. The molecule has 0 radical (unpaired) electrons. The summed E-state index contributed by atoms with van der Waals surface area (Å²) in [5.41, 5.74) is 1.45. The number of carbonyl (C=O) groups excluding carboxylic acids is 1. The van der Waals surface area contributed by atoms with Gasteiger partial charge in [0.05, 0.1) is 30.9 Å². The molecule has 1 saturated heterocycles. The fraction of sp³-hybridized carbons (Fsp3) is 0.438. The van der Waals surface area contributed by atoms with Gasteiger partial charge in [-0.05, 0) is 25.0 Å². The zero-order valence-electron chi connectivity index (χ0n) is 12.7. The molecule has 0 saturated carbocycles. The molecule has 6 heteroatoms. The Bertz CT molecular complexity index is 620. The lowest BCUT2D eigenvalue weighted by Crippen LogP contribution is -2.38. The number of hydrogen-bond acceptors (Lipinski definition) is 4. The lowest BCUT2D eigenvalue weighted by atomic mass is 10.2. The van der Waals surface area contributed by atoms with Crippen LogP contribution in [0.25, 0.3) is 0 Å². The highest BCUT2D eigenvalue weighted by Crippen LogP contribution is 2.16. The van der Waals surface area contributed by atoms with E-state index in [9.17, 15) is 4.79 Å². The number of rotatable bonds is 5. The highest BCUT2D eigenvalue weighted by molar-refractivity contribution is 5.92. The van der Waals surface area contributed by atoms with Gasteiger partial charge in [-0.25, -0.2) is 4.98 Å². The van der Waals surface area contributed by atoms with Gasteiger partial charge < -0.3 is 14.2 Å². The average molecular weight is 300 g/mol. The smallest absolute Gasteiger partial charge is 0.272 e. The second-order valence-corrected chi connectivity index (χ2v) is 5.53. The quantitative estimate of drug-likeness (QED) is 0.842. The Balaban J connectivity index is 1.78. The van der Waals surface area contributed by atoms with Crippen LogP contribution in [0.15, 0.2) is 36.9 Å². The van der Waals surface area contributed by atoms with Crippen molar-refractivity contribution in [3.05, 3.63) is 48.3 Å². The predicted octanol–water partition coefficient (Wildman–Crippen LogP) is 1.64. The van der Waals surface area contributed by atoms with Crippen LogP contribution < -0.4 is 0 Å². The number of imidazole rings is 1. The maximum atomic E-state index is 12.8. The van der Waals surface area contributed by atoms with E-state index >= 15 is 0 Å². The van der Waals surface area contributed by atoms with E-state index in [4.69, 9.17) is 4.74 Å². The van der Waals surface area contributed by atoms with Gasteiger partial charge in [0.2, 0.25) is 0 Å². The van der Waals surface area contributed by atoms with Crippen molar-refractivity contribution in [3.63, 3.8) is 0 Å². The van der Waals surface area contributed by atoms with Gasteiger partial charge in [0.1, 0.15) is 5.69 Å². The molecule has 3 heterocycles. The second kappa shape index (κ2) is 6.70. The first-order valence-corrected chi connectivity index (χ1v) is 7.51. The Morgan fingerprint density at radius 2 is 2.41 bits per heavy atom. The molecule has 1 fully saturated rings. The molecule has 1 atom stereocenters. The van der Waals surface area contributed by atoms with Crippen molar-refractivity contribution in [1.29, 1.82) is 0 Å². The summed E-state index contributed by atoms with van der Waals surface area (Å²) in [6, 6.07) is 5.73. The minimum atomic E-state index is -0.0406. The van der Waals surface area contributed by atoms with E-state index in [2.05, 4.69) is 9.97 Å². The molecule has 6 nitrogen and oxygen atoms in total. The number of pyridine rings is 1. The van der Waals surface area contributed by atoms with E-state index in [1.807, 2.05) is 25.2 Å². The Morgan fingerprint density at radius 1 is 1.50 bits per heavy atom. The van der Waals surface area contributed by atoms with Crippen molar-refractivity contribution >= 4 is 5.91 Å². The van der Waals surface area contributed by atoms with E-state index in [-0.39, 0.29) is 12.0 Å². The number of hydrogen-bond donors (Lipinski definition) is 0. The highest BCUT2D eigenvalue weighted by Gasteiger charge is 2.25. The van der Waals surface area contributed by atoms with E-state index in [0.29, 0.717) is 18.8 Å². The molecule has 2 aromatic heterocycles. The van der Waals surface area contributed by atoms with E-state index < -0.39 is 0 Å². The molecule has 22 heavy (non-hydrogen) atoms. The van der Waals surface area contributed by atoms with Crippen LogP contribution in [0.3, 0.4) is 0 Å². The van der Waals surface area contributed by atoms with Gasteiger partial charge in [0, 0.05) is 26.4 Å². The highest BCUT2D eigenvalue weighted by atomic mass is 16.5. The number of aromatic nitrogens is 3. The molecular formula is C16H20N4O2. The molecule has 2 aromatic rings. The molecule has 0 N–H and O–H groups in total.